The Kier molecular flexibility index (Phi) is 4.24. The van der Waals surface area contributed by atoms with Gasteiger partial charge >= 0.3 is 0 Å². The van der Waals surface area contributed by atoms with Gasteiger partial charge in [0.15, 0.2) is 0 Å². The van der Waals surface area contributed by atoms with Crippen molar-refractivity contribution in [3.63, 3.8) is 0 Å². The third-order valence-corrected chi connectivity index (χ3v) is 3.71. The van der Waals surface area contributed by atoms with E-state index in [4.69, 9.17) is 0 Å². The molecule has 2 heteroatoms. The molecule has 0 radical (unpaired) electrons. The maximum absolute atomic E-state index is 3.21. The topological polar surface area (TPSA) is 12.0 Å². The smallest absolute Gasteiger partial charge is 0.0213 e. The fraction of sp³-hybridized carbons (Fsp3) is 0.200. The molecular formula is C15H17NS. The Hall–Kier alpha value is -1.25. The van der Waals surface area contributed by atoms with Crippen LogP contribution < -0.4 is 5.32 Å². The van der Waals surface area contributed by atoms with Gasteiger partial charge in [-0.05, 0) is 37.7 Å². The van der Waals surface area contributed by atoms with Crippen molar-refractivity contribution in [3.05, 3.63) is 59.7 Å². The predicted octanol–water partition coefficient (Wildman–Crippen LogP) is 3.87. The third kappa shape index (κ3) is 3.35. The van der Waals surface area contributed by atoms with Crippen molar-refractivity contribution in [3.8, 4) is 0 Å². The molecule has 1 N–H and O–H groups in total. The molecule has 0 saturated carbocycles. The van der Waals surface area contributed by atoms with E-state index in [0.29, 0.717) is 0 Å². The first kappa shape index (κ1) is 12.2. The molecule has 0 unspecified atom stereocenters. The van der Waals surface area contributed by atoms with Crippen LogP contribution in [0.3, 0.4) is 0 Å². The summed E-state index contributed by atoms with van der Waals surface area (Å²) in [6, 6.07) is 17.2. The van der Waals surface area contributed by atoms with E-state index in [9.17, 15) is 0 Å². The van der Waals surface area contributed by atoms with Crippen LogP contribution in [-0.4, -0.2) is 7.05 Å². The standard InChI is InChI=1S/C15H17NS/c1-12-7-9-14(10-8-12)17-15-6-4-3-5-13(15)11-16-2/h3-10,16H,11H2,1-2H3. The van der Waals surface area contributed by atoms with Crippen LogP contribution in [0.4, 0.5) is 0 Å². The summed E-state index contributed by atoms with van der Waals surface area (Å²) >= 11 is 1.82. The third-order valence-electron chi connectivity index (χ3n) is 2.59. The fourth-order valence-corrected chi connectivity index (χ4v) is 2.62. The summed E-state index contributed by atoms with van der Waals surface area (Å²) in [5, 5.41) is 3.21. The van der Waals surface area contributed by atoms with E-state index in [1.165, 1.54) is 20.9 Å². The number of hydrogen-bond acceptors (Lipinski definition) is 2. The van der Waals surface area contributed by atoms with Gasteiger partial charge in [0.05, 0.1) is 0 Å². The Balaban J connectivity index is 2.20. The van der Waals surface area contributed by atoms with Crippen LogP contribution in [0.1, 0.15) is 11.1 Å². The molecular weight excluding hydrogens is 226 g/mol. The van der Waals surface area contributed by atoms with Crippen molar-refractivity contribution in [1.29, 1.82) is 0 Å². The van der Waals surface area contributed by atoms with Crippen LogP contribution in [0.2, 0.25) is 0 Å². The van der Waals surface area contributed by atoms with Gasteiger partial charge in [-0.3, -0.25) is 0 Å². The number of rotatable bonds is 4. The van der Waals surface area contributed by atoms with Crippen molar-refractivity contribution in [2.75, 3.05) is 7.05 Å². The van der Waals surface area contributed by atoms with Gasteiger partial charge in [0, 0.05) is 16.3 Å². The van der Waals surface area contributed by atoms with Gasteiger partial charge in [0.1, 0.15) is 0 Å². The van der Waals surface area contributed by atoms with Gasteiger partial charge in [-0.1, -0.05) is 47.7 Å². The van der Waals surface area contributed by atoms with Crippen LogP contribution in [0.25, 0.3) is 0 Å². The maximum Gasteiger partial charge on any atom is 0.0213 e. The zero-order chi connectivity index (χ0) is 12.1. The Morgan fingerprint density at radius 1 is 1.00 bits per heavy atom. The van der Waals surface area contributed by atoms with Crippen LogP contribution in [-0.2, 0) is 6.54 Å². The Morgan fingerprint density at radius 2 is 1.71 bits per heavy atom. The lowest BCUT2D eigenvalue weighted by atomic mass is 10.2. The van der Waals surface area contributed by atoms with Gasteiger partial charge in [0.2, 0.25) is 0 Å². The molecule has 88 valence electrons. The van der Waals surface area contributed by atoms with Gasteiger partial charge in [-0.15, -0.1) is 0 Å². The van der Waals surface area contributed by atoms with Gasteiger partial charge < -0.3 is 5.32 Å². The van der Waals surface area contributed by atoms with Crippen molar-refractivity contribution in [1.82, 2.24) is 5.32 Å². The lowest BCUT2D eigenvalue weighted by Crippen LogP contribution is -2.05. The predicted molar refractivity (Wildman–Crippen MR) is 74.5 cm³/mol. The van der Waals surface area contributed by atoms with Crippen LogP contribution in [0, 0.1) is 6.92 Å². The largest absolute Gasteiger partial charge is 0.316 e. The fourth-order valence-electron chi connectivity index (χ4n) is 1.67. The van der Waals surface area contributed by atoms with E-state index < -0.39 is 0 Å². The number of nitrogens with one attached hydrogen (secondary N) is 1. The van der Waals surface area contributed by atoms with Gasteiger partial charge in [-0.2, -0.15) is 0 Å². The summed E-state index contributed by atoms with van der Waals surface area (Å²) < 4.78 is 0. The average molecular weight is 243 g/mol. The van der Waals surface area contributed by atoms with Crippen molar-refractivity contribution >= 4 is 11.8 Å². The van der Waals surface area contributed by atoms with E-state index in [-0.39, 0.29) is 0 Å². The SMILES string of the molecule is CNCc1ccccc1Sc1ccc(C)cc1. The molecule has 0 fully saturated rings. The van der Waals surface area contributed by atoms with Gasteiger partial charge in [-0.25, -0.2) is 0 Å². The highest BCUT2D eigenvalue weighted by molar-refractivity contribution is 7.99. The molecule has 0 amide bonds. The van der Waals surface area contributed by atoms with Crippen LogP contribution in [0.5, 0.6) is 0 Å². The van der Waals surface area contributed by atoms with E-state index in [1.807, 2.05) is 18.8 Å². The molecule has 0 aromatic heterocycles. The first-order chi connectivity index (χ1) is 8.29. The van der Waals surface area contributed by atoms with Crippen molar-refractivity contribution < 1.29 is 0 Å². The second-order valence-electron chi connectivity index (χ2n) is 4.05. The lowest BCUT2D eigenvalue weighted by Gasteiger charge is -2.08. The zero-order valence-corrected chi connectivity index (χ0v) is 11.1. The van der Waals surface area contributed by atoms with Crippen molar-refractivity contribution in [2.45, 2.75) is 23.3 Å². The summed E-state index contributed by atoms with van der Waals surface area (Å²) in [6.45, 7) is 3.03. The molecule has 0 aliphatic heterocycles. The van der Waals surface area contributed by atoms with Crippen LogP contribution in [0.15, 0.2) is 58.3 Å². The summed E-state index contributed by atoms with van der Waals surface area (Å²) in [4.78, 5) is 2.62. The molecule has 0 saturated heterocycles. The monoisotopic (exact) mass is 243 g/mol. The van der Waals surface area contributed by atoms with Crippen LogP contribution >= 0.6 is 11.8 Å². The molecule has 1 nitrogen and oxygen atoms in total. The highest BCUT2D eigenvalue weighted by Gasteiger charge is 2.02. The average Bonchev–Trinajstić information content (AvgIpc) is 2.35. The van der Waals surface area contributed by atoms with E-state index in [0.717, 1.165) is 6.54 Å². The Morgan fingerprint density at radius 3 is 2.41 bits per heavy atom. The molecule has 2 aromatic carbocycles. The molecule has 17 heavy (non-hydrogen) atoms. The highest BCUT2D eigenvalue weighted by Crippen LogP contribution is 2.30. The summed E-state index contributed by atoms with van der Waals surface area (Å²) in [7, 11) is 1.98. The van der Waals surface area contributed by atoms with E-state index >= 15 is 0 Å². The first-order valence-electron chi connectivity index (χ1n) is 5.76. The molecule has 0 atom stereocenters. The minimum Gasteiger partial charge on any atom is -0.316 e. The number of benzene rings is 2. The molecule has 0 aliphatic rings. The summed E-state index contributed by atoms with van der Waals surface area (Å²) in [6.07, 6.45) is 0. The quantitative estimate of drug-likeness (QED) is 0.875. The normalized spacial score (nSPS) is 10.5. The first-order valence-corrected chi connectivity index (χ1v) is 6.58. The van der Waals surface area contributed by atoms with Gasteiger partial charge in [0.25, 0.3) is 0 Å². The Bertz CT molecular complexity index is 477. The Labute approximate surface area is 107 Å². The van der Waals surface area contributed by atoms with E-state index in [1.54, 1.807) is 0 Å². The minimum atomic E-state index is 0.912. The molecule has 2 rings (SSSR count). The van der Waals surface area contributed by atoms with E-state index in [2.05, 4.69) is 60.8 Å². The lowest BCUT2D eigenvalue weighted by molar-refractivity contribution is 0.803. The molecule has 0 aliphatic carbocycles. The summed E-state index contributed by atoms with van der Waals surface area (Å²) in [5.41, 5.74) is 2.65. The second-order valence-corrected chi connectivity index (χ2v) is 5.17. The maximum atomic E-state index is 3.21. The highest BCUT2D eigenvalue weighted by atomic mass is 32.2. The molecule has 0 bridgehead atoms. The number of aryl methyl sites for hydroxylation is 1. The summed E-state index contributed by atoms with van der Waals surface area (Å²) in [5.74, 6) is 0. The zero-order valence-electron chi connectivity index (χ0n) is 10.2. The number of hydrogen-bond donors (Lipinski definition) is 1. The van der Waals surface area contributed by atoms with Crippen molar-refractivity contribution in [2.24, 2.45) is 0 Å². The molecule has 0 spiro atoms. The molecule has 0 heterocycles. The second kappa shape index (κ2) is 5.89. The minimum absolute atomic E-state index is 0.912. The molecule has 2 aromatic rings.